The van der Waals surface area contributed by atoms with E-state index in [0.29, 0.717) is 28.2 Å². The Morgan fingerprint density at radius 1 is 1.11 bits per heavy atom. The molecule has 0 bridgehead atoms. The third-order valence-corrected chi connectivity index (χ3v) is 4.12. The summed E-state index contributed by atoms with van der Waals surface area (Å²) in [6.45, 7) is 0. The molecule has 27 heavy (non-hydrogen) atoms. The van der Waals surface area contributed by atoms with Crippen molar-refractivity contribution < 1.29 is 9.31 Å². The number of nitrogens with zero attached hydrogens (tertiary/aromatic N) is 4. The number of imidazole rings is 1. The number of fused-ring (bicyclic) bond motifs is 1. The molecule has 4 aromatic rings. The molecule has 0 aliphatic heterocycles. The largest absolute Gasteiger partial charge is 0.285 e. The number of halogens is 1. The summed E-state index contributed by atoms with van der Waals surface area (Å²) in [4.78, 5) is 15.1. The van der Waals surface area contributed by atoms with E-state index >= 15 is 0 Å². The van der Waals surface area contributed by atoms with Crippen molar-refractivity contribution in [1.82, 2.24) is 14.6 Å². The number of hydrogen-bond acceptors (Lipinski definition) is 4. The van der Waals surface area contributed by atoms with Gasteiger partial charge >= 0.3 is 0 Å². The van der Waals surface area contributed by atoms with Gasteiger partial charge in [-0.15, -0.1) is 6.42 Å². The van der Waals surface area contributed by atoms with E-state index in [9.17, 15) is 14.5 Å². The van der Waals surface area contributed by atoms with Crippen LogP contribution < -0.4 is 0 Å². The third kappa shape index (κ3) is 2.89. The first kappa shape index (κ1) is 16.4. The summed E-state index contributed by atoms with van der Waals surface area (Å²) in [6.07, 6.45) is 6.94. The minimum absolute atomic E-state index is 0.160. The Bertz CT molecular complexity index is 1240. The van der Waals surface area contributed by atoms with Gasteiger partial charge in [0, 0.05) is 17.2 Å². The van der Waals surface area contributed by atoms with Gasteiger partial charge in [0.1, 0.15) is 11.4 Å². The average Bonchev–Trinajstić information content (AvgIpc) is 3.11. The lowest BCUT2D eigenvalue weighted by Crippen LogP contribution is -1.94. The second kappa shape index (κ2) is 6.35. The second-order valence-corrected chi connectivity index (χ2v) is 5.76. The molecule has 0 saturated carbocycles. The first-order chi connectivity index (χ1) is 13.1. The Labute approximate surface area is 153 Å². The first-order valence-electron chi connectivity index (χ1n) is 7.93. The predicted molar refractivity (Wildman–Crippen MR) is 98.4 cm³/mol. The van der Waals surface area contributed by atoms with Gasteiger partial charge in [-0.1, -0.05) is 24.1 Å². The van der Waals surface area contributed by atoms with Crippen LogP contribution in [0.3, 0.4) is 0 Å². The molecule has 4 rings (SSSR count). The van der Waals surface area contributed by atoms with E-state index in [-0.39, 0.29) is 17.1 Å². The summed E-state index contributed by atoms with van der Waals surface area (Å²) in [7, 11) is 0. The van der Waals surface area contributed by atoms with E-state index in [4.69, 9.17) is 6.42 Å². The van der Waals surface area contributed by atoms with Crippen molar-refractivity contribution in [3.8, 4) is 34.9 Å². The zero-order chi connectivity index (χ0) is 19.0. The lowest BCUT2D eigenvalue weighted by molar-refractivity contribution is -0.385. The van der Waals surface area contributed by atoms with Crippen LogP contribution in [0.2, 0.25) is 0 Å². The van der Waals surface area contributed by atoms with Crippen LogP contribution in [-0.2, 0) is 0 Å². The Balaban J connectivity index is 1.81. The summed E-state index contributed by atoms with van der Waals surface area (Å²) in [5.74, 6) is 1.93. The van der Waals surface area contributed by atoms with Crippen LogP contribution in [0.4, 0.5) is 10.1 Å². The highest BCUT2D eigenvalue weighted by Crippen LogP contribution is 2.27. The fourth-order valence-corrected chi connectivity index (χ4v) is 2.80. The molecular formula is C20H11FN4O2. The molecule has 130 valence electrons. The quantitative estimate of drug-likeness (QED) is 0.314. The van der Waals surface area contributed by atoms with E-state index in [1.54, 1.807) is 42.6 Å². The predicted octanol–water partition coefficient (Wildman–Crippen LogP) is 4.09. The monoisotopic (exact) mass is 358 g/mol. The molecule has 0 amide bonds. The number of benzene rings is 2. The van der Waals surface area contributed by atoms with Crippen LogP contribution in [0.25, 0.3) is 28.2 Å². The minimum atomic E-state index is -0.525. The van der Waals surface area contributed by atoms with E-state index in [0.717, 1.165) is 0 Å². The maximum absolute atomic E-state index is 14.0. The smallest absolute Gasteiger partial charge is 0.258 e. The van der Waals surface area contributed by atoms with Crippen molar-refractivity contribution in [2.24, 2.45) is 0 Å². The molecule has 0 aliphatic rings. The Kier molecular flexibility index (Phi) is 3.86. The van der Waals surface area contributed by atoms with Gasteiger partial charge < -0.3 is 0 Å². The van der Waals surface area contributed by atoms with Gasteiger partial charge in [0.2, 0.25) is 0 Å². The third-order valence-electron chi connectivity index (χ3n) is 4.12. The van der Waals surface area contributed by atoms with E-state index in [1.165, 1.54) is 22.7 Å². The summed E-state index contributed by atoms with van der Waals surface area (Å²) < 4.78 is 15.5. The number of aromatic nitrogens is 3. The molecule has 0 N–H and O–H groups in total. The number of hydrogen-bond donors (Lipinski definition) is 0. The molecule has 2 aromatic carbocycles. The van der Waals surface area contributed by atoms with Gasteiger partial charge in [0.15, 0.2) is 5.65 Å². The molecule has 0 atom stereocenters. The maximum atomic E-state index is 14.0. The second-order valence-electron chi connectivity index (χ2n) is 5.76. The highest BCUT2D eigenvalue weighted by atomic mass is 19.1. The van der Waals surface area contributed by atoms with Crippen molar-refractivity contribution >= 4 is 11.3 Å². The van der Waals surface area contributed by atoms with Gasteiger partial charge in [-0.05, 0) is 30.3 Å². The van der Waals surface area contributed by atoms with Crippen LogP contribution in [0.5, 0.6) is 0 Å². The van der Waals surface area contributed by atoms with Crippen molar-refractivity contribution in [2.45, 2.75) is 0 Å². The topological polar surface area (TPSA) is 73.3 Å². The van der Waals surface area contributed by atoms with E-state index in [1.807, 2.05) is 0 Å². The first-order valence-corrected chi connectivity index (χ1v) is 7.93. The molecule has 2 heterocycles. The fourth-order valence-electron chi connectivity index (χ4n) is 2.80. The van der Waals surface area contributed by atoms with E-state index in [2.05, 4.69) is 16.0 Å². The summed E-state index contributed by atoms with van der Waals surface area (Å²) in [6, 6.07) is 14.3. The molecule has 6 nitrogen and oxygen atoms in total. The number of nitro benzene ring substituents is 1. The van der Waals surface area contributed by atoms with Crippen molar-refractivity contribution in [2.75, 3.05) is 0 Å². The molecule has 0 spiro atoms. The zero-order valence-electron chi connectivity index (χ0n) is 13.8. The molecular weight excluding hydrogens is 347 g/mol. The average molecular weight is 358 g/mol. The fraction of sp³-hybridized carbons (Fsp3) is 0. The Hall–Kier alpha value is -4.05. The molecule has 0 unspecified atom stereocenters. The van der Waals surface area contributed by atoms with Crippen LogP contribution >= 0.6 is 0 Å². The maximum Gasteiger partial charge on any atom is 0.285 e. The normalized spacial score (nSPS) is 10.7. The van der Waals surface area contributed by atoms with Gasteiger partial charge in [0.25, 0.3) is 5.69 Å². The minimum Gasteiger partial charge on any atom is -0.258 e. The van der Waals surface area contributed by atoms with Gasteiger partial charge in [0.05, 0.1) is 22.5 Å². The van der Waals surface area contributed by atoms with Crippen LogP contribution in [0, 0.1) is 28.3 Å². The lowest BCUT2D eigenvalue weighted by atomic mass is 10.1. The lowest BCUT2D eigenvalue weighted by Gasteiger charge is -2.02. The molecule has 7 heteroatoms. The van der Waals surface area contributed by atoms with Gasteiger partial charge in [-0.2, -0.15) is 5.10 Å². The van der Waals surface area contributed by atoms with Crippen LogP contribution in [0.1, 0.15) is 5.56 Å². The number of nitro groups is 1. The standard InChI is InChI=1S/C20H11FN4O2/c1-2-13-7-8-14(11-19(13)25(26)27)18-12-24-20(22-18)10-9-17(23-24)15-5-3-4-6-16(15)21/h1,3-12H. The summed E-state index contributed by atoms with van der Waals surface area (Å²) in [5.41, 5.74) is 2.45. The Morgan fingerprint density at radius 2 is 1.93 bits per heavy atom. The van der Waals surface area contributed by atoms with Crippen molar-refractivity contribution in [1.29, 1.82) is 0 Å². The zero-order valence-corrected chi connectivity index (χ0v) is 13.8. The molecule has 0 fully saturated rings. The summed E-state index contributed by atoms with van der Waals surface area (Å²) in [5, 5.41) is 15.6. The van der Waals surface area contributed by atoms with Gasteiger partial charge in [-0.3, -0.25) is 10.1 Å². The number of rotatable bonds is 3. The number of terminal acetylenes is 1. The highest BCUT2D eigenvalue weighted by Gasteiger charge is 2.16. The van der Waals surface area contributed by atoms with E-state index < -0.39 is 4.92 Å². The molecule has 2 aromatic heterocycles. The highest BCUT2D eigenvalue weighted by molar-refractivity contribution is 5.69. The molecule has 0 saturated heterocycles. The molecule has 0 radical (unpaired) electrons. The Morgan fingerprint density at radius 3 is 2.67 bits per heavy atom. The summed E-state index contributed by atoms with van der Waals surface area (Å²) >= 11 is 0. The van der Waals surface area contributed by atoms with Crippen LogP contribution in [-0.4, -0.2) is 19.5 Å². The van der Waals surface area contributed by atoms with Gasteiger partial charge in [-0.25, -0.2) is 13.9 Å². The SMILES string of the molecule is C#Cc1ccc(-c2cn3nc(-c4ccccc4F)ccc3n2)cc1[N+](=O)[O-]. The van der Waals surface area contributed by atoms with Crippen molar-refractivity contribution in [3.05, 3.63) is 82.3 Å². The molecule has 0 aliphatic carbocycles. The van der Waals surface area contributed by atoms with Crippen LogP contribution in [0.15, 0.2) is 60.8 Å². The van der Waals surface area contributed by atoms with Crippen molar-refractivity contribution in [3.63, 3.8) is 0 Å².